The number of thiazole rings is 1. The van der Waals surface area contributed by atoms with Gasteiger partial charge < -0.3 is 36.4 Å². The van der Waals surface area contributed by atoms with Gasteiger partial charge in [-0.2, -0.15) is 0 Å². The maximum absolute atomic E-state index is 14.3. The summed E-state index contributed by atoms with van der Waals surface area (Å²) in [7, 11) is 5.24. The van der Waals surface area contributed by atoms with Crippen LogP contribution in [0.4, 0.5) is 0 Å². The van der Waals surface area contributed by atoms with E-state index in [1.54, 1.807) is 51.7 Å². The molecular weight excluding hydrogens is 751 g/mol. The zero-order valence-electron chi connectivity index (χ0n) is 35.6. The molecule has 0 fully saturated rings. The highest BCUT2D eigenvalue weighted by Crippen LogP contribution is 2.31. The molecule has 0 spiro atoms. The molecule has 318 valence electrons. The molecule has 2 rings (SSSR count). The van der Waals surface area contributed by atoms with Gasteiger partial charge in [0.15, 0.2) is 6.10 Å². The summed E-state index contributed by atoms with van der Waals surface area (Å²) in [5, 5.41) is 19.9. The van der Waals surface area contributed by atoms with E-state index in [9.17, 15) is 33.9 Å². The fraction of sp³-hybridized carbons (Fsp3) is 0.634. The van der Waals surface area contributed by atoms with Crippen molar-refractivity contribution in [2.45, 2.75) is 130 Å². The molecule has 0 bridgehead atoms. The maximum Gasteiger partial charge on any atom is 0.329 e. The molecule has 0 aliphatic heterocycles. The molecule has 2 aromatic rings. The molecule has 16 heteroatoms. The molecule has 8 atom stereocenters. The molecule has 1 heterocycles. The summed E-state index contributed by atoms with van der Waals surface area (Å²) < 4.78 is 6.03. The zero-order valence-corrected chi connectivity index (χ0v) is 36.4. The Kier molecular flexibility index (Phi) is 18.8. The molecular formula is C41H65N7O8S. The topological polar surface area (TPSA) is 213 Å². The highest BCUT2D eigenvalue weighted by atomic mass is 32.1. The monoisotopic (exact) mass is 815 g/mol. The Bertz CT molecular complexity index is 1660. The molecule has 0 aliphatic carbocycles. The molecule has 1 aromatic carbocycles. The van der Waals surface area contributed by atoms with E-state index in [1.165, 1.54) is 19.2 Å². The Morgan fingerprint density at radius 2 is 1.54 bits per heavy atom. The van der Waals surface area contributed by atoms with Gasteiger partial charge in [-0.3, -0.25) is 28.9 Å². The predicted molar refractivity (Wildman–Crippen MR) is 220 cm³/mol. The van der Waals surface area contributed by atoms with Crippen LogP contribution in [-0.4, -0.2) is 112 Å². The number of amides is 4. The van der Waals surface area contributed by atoms with Crippen LogP contribution >= 0.6 is 11.3 Å². The van der Waals surface area contributed by atoms with Gasteiger partial charge in [-0.15, -0.1) is 11.3 Å². The van der Waals surface area contributed by atoms with Crippen LogP contribution in [0.25, 0.3) is 0 Å². The minimum absolute atomic E-state index is 0.0454. The summed E-state index contributed by atoms with van der Waals surface area (Å²) in [6.45, 7) is 15.8. The number of hydrogen-bond donors (Lipinski definition) is 5. The maximum atomic E-state index is 14.3. The summed E-state index contributed by atoms with van der Waals surface area (Å²) in [6.07, 6.45) is 0.214. The molecule has 15 nitrogen and oxygen atoms in total. The van der Waals surface area contributed by atoms with Crippen molar-refractivity contribution in [2.24, 2.45) is 23.5 Å². The number of esters is 1. The van der Waals surface area contributed by atoms with Crippen LogP contribution in [0.2, 0.25) is 0 Å². The van der Waals surface area contributed by atoms with Gasteiger partial charge in [-0.05, 0) is 72.0 Å². The number of benzene rings is 1. The molecule has 0 saturated heterocycles. The standard InChI is InChI=1S/C41H65N7O8S/c1-13-24(4)33(46-40(55)41(8,9)47(10)11)37(51)48(12)31(23(2)3)21-32(56-39(54)27(7)43-34(49)26(6)42)36-45-30(22-57-36)35(50)44-29(19-25(5)38(52)53)20-28-17-15-14-16-18-28/h14-18,22-27,29,31-33H,13,19-21,42H2,1-12H3,(H,43,49)(H,44,50)(H,46,55)(H,52,53)/t24-,25-,26-,27-,29+,31+,32+,33-/m0/s1. The number of ether oxygens (including phenoxy) is 1. The molecule has 0 aliphatic rings. The Hall–Kier alpha value is -4.41. The van der Waals surface area contributed by atoms with Crippen molar-refractivity contribution in [3.05, 3.63) is 52.0 Å². The highest BCUT2D eigenvalue weighted by Gasteiger charge is 2.39. The van der Waals surface area contributed by atoms with Gasteiger partial charge in [0.25, 0.3) is 5.91 Å². The molecule has 57 heavy (non-hydrogen) atoms. The summed E-state index contributed by atoms with van der Waals surface area (Å²) in [4.78, 5) is 87.0. The fourth-order valence-corrected chi connectivity index (χ4v) is 6.79. The number of aliphatic carboxylic acids is 1. The van der Waals surface area contributed by atoms with Crippen LogP contribution in [-0.2, 0) is 35.1 Å². The lowest BCUT2D eigenvalue weighted by Gasteiger charge is -2.38. The number of carbonyl (C=O) groups is 6. The van der Waals surface area contributed by atoms with Crippen LogP contribution in [0.3, 0.4) is 0 Å². The van der Waals surface area contributed by atoms with Gasteiger partial charge in [0.05, 0.1) is 17.5 Å². The number of nitrogens with zero attached hydrogens (tertiary/aromatic N) is 3. The third-order valence-electron chi connectivity index (χ3n) is 10.6. The van der Waals surface area contributed by atoms with E-state index in [-0.39, 0.29) is 47.2 Å². The van der Waals surface area contributed by atoms with Gasteiger partial charge >= 0.3 is 11.9 Å². The summed E-state index contributed by atoms with van der Waals surface area (Å²) >= 11 is 1.10. The quantitative estimate of drug-likeness (QED) is 0.108. The predicted octanol–water partition coefficient (Wildman–Crippen LogP) is 3.78. The summed E-state index contributed by atoms with van der Waals surface area (Å²) in [6, 6.07) is 5.56. The van der Waals surface area contributed by atoms with E-state index in [4.69, 9.17) is 10.5 Å². The average molecular weight is 816 g/mol. The Balaban J connectivity index is 2.51. The van der Waals surface area contributed by atoms with Gasteiger partial charge in [0.2, 0.25) is 17.7 Å². The van der Waals surface area contributed by atoms with Crippen LogP contribution in [0.15, 0.2) is 35.7 Å². The Morgan fingerprint density at radius 3 is 2.07 bits per heavy atom. The fourth-order valence-electron chi connectivity index (χ4n) is 5.95. The summed E-state index contributed by atoms with van der Waals surface area (Å²) in [5.74, 6) is -4.53. The Labute approximate surface area is 341 Å². The number of rotatable bonds is 22. The van der Waals surface area contributed by atoms with Crippen molar-refractivity contribution in [1.82, 2.24) is 30.7 Å². The normalized spacial score (nSPS) is 16.0. The van der Waals surface area contributed by atoms with Gasteiger partial charge in [-0.25, -0.2) is 9.78 Å². The first-order chi connectivity index (χ1) is 26.5. The molecule has 4 amide bonds. The number of likely N-dealkylation sites (N-methyl/N-ethyl adjacent to an activating group) is 2. The lowest BCUT2D eigenvalue weighted by molar-refractivity contribution is -0.155. The minimum Gasteiger partial charge on any atom is -0.481 e. The lowest BCUT2D eigenvalue weighted by Crippen LogP contribution is -2.60. The highest BCUT2D eigenvalue weighted by molar-refractivity contribution is 7.09. The second kappa shape index (κ2) is 21.9. The number of carboxylic acids is 1. The first kappa shape index (κ1) is 48.7. The Morgan fingerprint density at radius 1 is 0.930 bits per heavy atom. The van der Waals surface area contributed by atoms with Crippen LogP contribution in [0, 0.1) is 17.8 Å². The number of nitrogens with one attached hydrogen (secondary N) is 3. The summed E-state index contributed by atoms with van der Waals surface area (Å²) in [5.41, 5.74) is 5.79. The minimum atomic E-state index is -1.08. The van der Waals surface area contributed by atoms with E-state index >= 15 is 0 Å². The van der Waals surface area contributed by atoms with E-state index < -0.39 is 71.5 Å². The van der Waals surface area contributed by atoms with Crippen LogP contribution in [0.5, 0.6) is 0 Å². The van der Waals surface area contributed by atoms with Crippen molar-refractivity contribution < 1.29 is 38.6 Å². The van der Waals surface area contributed by atoms with Gasteiger partial charge in [0, 0.05) is 30.9 Å². The largest absolute Gasteiger partial charge is 0.481 e. The first-order valence-electron chi connectivity index (χ1n) is 19.6. The van der Waals surface area contributed by atoms with Gasteiger partial charge in [0.1, 0.15) is 22.8 Å². The van der Waals surface area contributed by atoms with E-state index in [2.05, 4.69) is 20.9 Å². The van der Waals surface area contributed by atoms with Gasteiger partial charge in [-0.1, -0.05) is 71.4 Å². The SMILES string of the molecule is CC[C@H](C)[C@H](NC(=O)C(C)(C)N(C)C)C(=O)N(C)[C@H](C[C@@H](OC(=O)[C@H](C)NC(=O)[C@H](C)N)c1nc(C(=O)N[C@@H](Cc2ccccc2)C[C@H](C)C(=O)O)cs1)C(C)C. The smallest absolute Gasteiger partial charge is 0.329 e. The van der Waals surface area contributed by atoms with Crippen molar-refractivity contribution >= 4 is 46.9 Å². The average Bonchev–Trinajstić information content (AvgIpc) is 3.65. The van der Waals surface area contributed by atoms with Crippen LogP contribution < -0.4 is 21.7 Å². The second-order valence-corrected chi connectivity index (χ2v) is 17.0. The van der Waals surface area contributed by atoms with E-state index in [1.807, 2.05) is 58.0 Å². The second-order valence-electron chi connectivity index (χ2n) is 16.1. The molecule has 0 saturated carbocycles. The molecule has 1 aromatic heterocycles. The van der Waals surface area contributed by atoms with E-state index in [0.717, 1.165) is 16.9 Å². The van der Waals surface area contributed by atoms with Crippen molar-refractivity contribution in [2.75, 3.05) is 21.1 Å². The lowest BCUT2D eigenvalue weighted by atomic mass is 9.92. The van der Waals surface area contributed by atoms with Crippen molar-refractivity contribution in [3.63, 3.8) is 0 Å². The third kappa shape index (κ3) is 14.2. The van der Waals surface area contributed by atoms with Crippen molar-refractivity contribution in [1.29, 1.82) is 0 Å². The van der Waals surface area contributed by atoms with Crippen molar-refractivity contribution in [3.8, 4) is 0 Å². The number of nitrogens with two attached hydrogens (primary N) is 1. The molecule has 0 radical (unpaired) electrons. The van der Waals surface area contributed by atoms with Crippen LogP contribution in [0.1, 0.15) is 109 Å². The number of aromatic nitrogens is 1. The number of carbonyl (C=O) groups excluding carboxylic acids is 5. The molecule has 0 unspecified atom stereocenters. The number of hydrogen-bond acceptors (Lipinski definition) is 11. The molecule has 6 N–H and O–H groups in total. The third-order valence-corrected chi connectivity index (χ3v) is 11.6. The first-order valence-corrected chi connectivity index (χ1v) is 20.4. The number of carboxylic acid groups (broad SMARTS) is 1. The van der Waals surface area contributed by atoms with E-state index in [0.29, 0.717) is 12.8 Å². The zero-order chi connectivity index (χ0) is 43.4.